The first-order chi connectivity index (χ1) is 10.5. The van der Waals surface area contributed by atoms with Gasteiger partial charge in [0.15, 0.2) is 0 Å². The first kappa shape index (κ1) is 20.9. The molecular weight excluding hydrogens is 280 g/mol. The van der Waals surface area contributed by atoms with Gasteiger partial charge in [0.05, 0.1) is 11.8 Å². The molecule has 0 aliphatic carbocycles. The van der Waals surface area contributed by atoms with Crippen LogP contribution in [0.4, 0.5) is 0 Å². The molecule has 22 heavy (non-hydrogen) atoms. The van der Waals surface area contributed by atoms with Gasteiger partial charge in [0.1, 0.15) is 0 Å². The van der Waals surface area contributed by atoms with Crippen LogP contribution in [0.25, 0.3) is 0 Å². The molecule has 0 saturated carbocycles. The Morgan fingerprint density at radius 2 is 0.955 bits per heavy atom. The van der Waals surface area contributed by atoms with Gasteiger partial charge in [-0.15, -0.1) is 0 Å². The lowest BCUT2D eigenvalue weighted by Crippen LogP contribution is -2.14. The Kier molecular flexibility index (Phi) is 12.9. The Bertz CT molecular complexity index is 271. The third-order valence-corrected chi connectivity index (χ3v) is 4.37. The highest BCUT2D eigenvalue weighted by atomic mass is 16.4. The summed E-state index contributed by atoms with van der Waals surface area (Å²) in [6.07, 6.45) is 11.0. The predicted octanol–water partition coefficient (Wildman–Crippen LogP) is 5.11. The first-order valence-corrected chi connectivity index (χ1v) is 8.98. The minimum absolute atomic E-state index is 0.198. The lowest BCUT2D eigenvalue weighted by molar-refractivity contribution is -0.143. The minimum atomic E-state index is -0.668. The topological polar surface area (TPSA) is 74.6 Å². The maximum atomic E-state index is 11.1. The Morgan fingerprint density at radius 3 is 1.23 bits per heavy atom. The number of aliphatic carboxylic acids is 2. The van der Waals surface area contributed by atoms with Gasteiger partial charge in [-0.1, -0.05) is 65.2 Å². The normalized spacial score (nSPS) is 13.7. The molecule has 4 nitrogen and oxygen atoms in total. The van der Waals surface area contributed by atoms with Gasteiger partial charge in [0, 0.05) is 0 Å². The molecule has 0 aliphatic heterocycles. The molecule has 0 spiro atoms. The fourth-order valence-electron chi connectivity index (χ4n) is 2.82. The SMILES string of the molecule is CCCCC(CCCCCCC(CCCC)C(=O)O)C(=O)O. The smallest absolute Gasteiger partial charge is 0.306 e. The van der Waals surface area contributed by atoms with Gasteiger partial charge in [0.2, 0.25) is 0 Å². The predicted molar refractivity (Wildman–Crippen MR) is 89.0 cm³/mol. The summed E-state index contributed by atoms with van der Waals surface area (Å²) in [6, 6.07) is 0. The van der Waals surface area contributed by atoms with E-state index in [0.29, 0.717) is 0 Å². The first-order valence-electron chi connectivity index (χ1n) is 8.98. The molecule has 0 aromatic heterocycles. The number of carboxylic acids is 2. The highest BCUT2D eigenvalue weighted by molar-refractivity contribution is 5.70. The number of carbonyl (C=O) groups is 2. The van der Waals surface area contributed by atoms with Gasteiger partial charge in [-0.25, -0.2) is 0 Å². The second kappa shape index (κ2) is 13.6. The molecule has 0 bridgehead atoms. The summed E-state index contributed by atoms with van der Waals surface area (Å²) in [4.78, 5) is 22.2. The molecule has 0 radical (unpaired) electrons. The van der Waals surface area contributed by atoms with E-state index in [4.69, 9.17) is 10.2 Å². The van der Waals surface area contributed by atoms with E-state index in [9.17, 15) is 9.59 Å². The van der Waals surface area contributed by atoms with Crippen LogP contribution < -0.4 is 0 Å². The summed E-state index contributed by atoms with van der Waals surface area (Å²) >= 11 is 0. The van der Waals surface area contributed by atoms with Crippen molar-refractivity contribution in [2.45, 2.75) is 90.9 Å². The Labute approximate surface area is 135 Å². The average Bonchev–Trinajstić information content (AvgIpc) is 2.47. The van der Waals surface area contributed by atoms with Crippen molar-refractivity contribution < 1.29 is 19.8 Å². The van der Waals surface area contributed by atoms with Gasteiger partial charge in [0.25, 0.3) is 0 Å². The highest BCUT2D eigenvalue weighted by Gasteiger charge is 2.17. The molecule has 0 fully saturated rings. The molecule has 0 aromatic carbocycles. The second-order valence-electron chi connectivity index (χ2n) is 6.35. The summed E-state index contributed by atoms with van der Waals surface area (Å²) in [5, 5.41) is 18.3. The molecule has 2 unspecified atom stereocenters. The maximum absolute atomic E-state index is 11.1. The van der Waals surface area contributed by atoms with Gasteiger partial charge in [-0.2, -0.15) is 0 Å². The van der Waals surface area contributed by atoms with Crippen molar-refractivity contribution in [2.24, 2.45) is 11.8 Å². The van der Waals surface area contributed by atoms with Crippen molar-refractivity contribution in [1.29, 1.82) is 0 Å². The highest BCUT2D eigenvalue weighted by Crippen LogP contribution is 2.20. The zero-order valence-electron chi connectivity index (χ0n) is 14.4. The zero-order chi connectivity index (χ0) is 16.8. The zero-order valence-corrected chi connectivity index (χ0v) is 14.4. The van der Waals surface area contributed by atoms with E-state index in [1.54, 1.807) is 0 Å². The van der Waals surface area contributed by atoms with E-state index < -0.39 is 11.9 Å². The second-order valence-corrected chi connectivity index (χ2v) is 6.35. The Balaban J connectivity index is 3.77. The number of rotatable bonds is 15. The summed E-state index contributed by atoms with van der Waals surface area (Å²) < 4.78 is 0. The molecule has 0 amide bonds. The van der Waals surface area contributed by atoms with Gasteiger partial charge in [-0.05, 0) is 25.7 Å². The van der Waals surface area contributed by atoms with E-state index >= 15 is 0 Å². The molecule has 0 saturated heterocycles. The van der Waals surface area contributed by atoms with Crippen LogP contribution in [0.15, 0.2) is 0 Å². The summed E-state index contributed by atoms with van der Waals surface area (Å²) in [6.45, 7) is 4.16. The van der Waals surface area contributed by atoms with Crippen LogP contribution in [0.1, 0.15) is 90.9 Å². The van der Waals surface area contributed by atoms with E-state index in [2.05, 4.69) is 13.8 Å². The van der Waals surface area contributed by atoms with Crippen molar-refractivity contribution in [2.75, 3.05) is 0 Å². The van der Waals surface area contributed by atoms with Crippen molar-refractivity contribution in [1.82, 2.24) is 0 Å². The van der Waals surface area contributed by atoms with Crippen LogP contribution in [-0.4, -0.2) is 22.2 Å². The van der Waals surface area contributed by atoms with Crippen LogP contribution >= 0.6 is 0 Å². The Morgan fingerprint density at radius 1 is 0.636 bits per heavy atom. The van der Waals surface area contributed by atoms with Crippen LogP contribution in [0.3, 0.4) is 0 Å². The number of hydrogen-bond donors (Lipinski definition) is 2. The molecule has 130 valence electrons. The van der Waals surface area contributed by atoms with Crippen molar-refractivity contribution in [3.8, 4) is 0 Å². The van der Waals surface area contributed by atoms with Gasteiger partial charge >= 0.3 is 11.9 Å². The van der Waals surface area contributed by atoms with Crippen molar-refractivity contribution in [3.05, 3.63) is 0 Å². The molecule has 2 N–H and O–H groups in total. The van der Waals surface area contributed by atoms with E-state index in [1.807, 2.05) is 0 Å². The van der Waals surface area contributed by atoms with Crippen LogP contribution in [0.2, 0.25) is 0 Å². The summed E-state index contributed by atoms with van der Waals surface area (Å²) in [5.74, 6) is -1.73. The molecule has 2 atom stereocenters. The molecule has 0 aromatic rings. The molecule has 0 rings (SSSR count). The molecule has 4 heteroatoms. The monoisotopic (exact) mass is 314 g/mol. The molecule has 0 aliphatic rings. The van der Waals surface area contributed by atoms with Crippen LogP contribution in [-0.2, 0) is 9.59 Å². The van der Waals surface area contributed by atoms with Crippen LogP contribution in [0.5, 0.6) is 0 Å². The fraction of sp³-hybridized carbons (Fsp3) is 0.889. The number of unbranched alkanes of at least 4 members (excludes halogenated alkanes) is 5. The third-order valence-electron chi connectivity index (χ3n) is 4.37. The van der Waals surface area contributed by atoms with E-state index in [1.165, 1.54) is 0 Å². The van der Waals surface area contributed by atoms with Crippen molar-refractivity contribution in [3.63, 3.8) is 0 Å². The average molecular weight is 314 g/mol. The van der Waals surface area contributed by atoms with Gasteiger partial charge < -0.3 is 10.2 Å². The van der Waals surface area contributed by atoms with Gasteiger partial charge in [-0.3, -0.25) is 9.59 Å². The van der Waals surface area contributed by atoms with Crippen LogP contribution in [0, 0.1) is 11.8 Å². The van der Waals surface area contributed by atoms with Crippen molar-refractivity contribution >= 4 is 11.9 Å². The summed E-state index contributed by atoms with van der Waals surface area (Å²) in [7, 11) is 0. The third kappa shape index (κ3) is 10.6. The lowest BCUT2D eigenvalue weighted by Gasteiger charge is -2.13. The lowest BCUT2D eigenvalue weighted by atomic mass is 9.93. The minimum Gasteiger partial charge on any atom is -0.481 e. The van der Waals surface area contributed by atoms with E-state index in [-0.39, 0.29) is 11.8 Å². The Hall–Kier alpha value is -1.06. The standard InChI is InChI=1S/C18H34O4/c1-3-5-11-15(17(19)20)13-9-7-8-10-14-16(18(21)22)12-6-4-2/h15-16H,3-14H2,1-2H3,(H,19,20)(H,21,22). The molecule has 0 heterocycles. The summed E-state index contributed by atoms with van der Waals surface area (Å²) in [5.41, 5.74) is 0. The number of carboxylic acid groups (broad SMARTS) is 2. The maximum Gasteiger partial charge on any atom is 0.306 e. The van der Waals surface area contributed by atoms with E-state index in [0.717, 1.165) is 77.0 Å². The number of hydrogen-bond acceptors (Lipinski definition) is 2. The quantitative estimate of drug-likeness (QED) is 0.412. The fourth-order valence-corrected chi connectivity index (χ4v) is 2.82. The molecular formula is C18H34O4. The largest absolute Gasteiger partial charge is 0.481 e.